The van der Waals surface area contributed by atoms with Crippen molar-refractivity contribution in [2.75, 3.05) is 6.54 Å². The third-order valence-electron chi connectivity index (χ3n) is 3.54. The van der Waals surface area contributed by atoms with E-state index in [0.29, 0.717) is 27.8 Å². The third kappa shape index (κ3) is 2.91. The first-order valence-corrected chi connectivity index (χ1v) is 7.44. The second kappa shape index (κ2) is 5.61. The summed E-state index contributed by atoms with van der Waals surface area (Å²) in [6, 6.07) is 5.04. The lowest BCUT2D eigenvalue weighted by molar-refractivity contribution is 0.295. The number of piperidine rings is 1. The lowest BCUT2D eigenvalue weighted by atomic mass is 9.93. The van der Waals surface area contributed by atoms with Crippen LogP contribution in [-0.2, 0) is 0 Å². The SMILES string of the molecule is CC1CC(c2nc(-c3cc(F)cc(Br)c3)no2)CCN1. The van der Waals surface area contributed by atoms with Gasteiger partial charge in [0.05, 0.1) is 0 Å². The van der Waals surface area contributed by atoms with E-state index in [1.54, 1.807) is 6.07 Å². The first-order valence-electron chi connectivity index (χ1n) is 6.65. The van der Waals surface area contributed by atoms with Gasteiger partial charge in [-0.25, -0.2) is 4.39 Å². The number of hydrogen-bond donors (Lipinski definition) is 1. The van der Waals surface area contributed by atoms with Crippen LogP contribution in [-0.4, -0.2) is 22.7 Å². The average Bonchev–Trinajstić information content (AvgIpc) is 2.87. The van der Waals surface area contributed by atoms with Crippen LogP contribution in [0.4, 0.5) is 4.39 Å². The van der Waals surface area contributed by atoms with Crippen LogP contribution in [0.5, 0.6) is 0 Å². The zero-order valence-electron chi connectivity index (χ0n) is 11.1. The van der Waals surface area contributed by atoms with E-state index < -0.39 is 0 Å². The van der Waals surface area contributed by atoms with Crippen LogP contribution in [0.2, 0.25) is 0 Å². The number of hydrogen-bond acceptors (Lipinski definition) is 4. The van der Waals surface area contributed by atoms with E-state index >= 15 is 0 Å². The largest absolute Gasteiger partial charge is 0.339 e. The normalized spacial score (nSPS) is 22.9. The molecule has 20 heavy (non-hydrogen) atoms. The molecule has 1 aliphatic rings. The Labute approximate surface area is 124 Å². The summed E-state index contributed by atoms with van der Waals surface area (Å²) in [5.41, 5.74) is 0.619. The van der Waals surface area contributed by atoms with Gasteiger partial charge in [0.1, 0.15) is 5.82 Å². The minimum atomic E-state index is -0.323. The number of benzene rings is 1. The van der Waals surface area contributed by atoms with Gasteiger partial charge in [-0.2, -0.15) is 4.98 Å². The van der Waals surface area contributed by atoms with Gasteiger partial charge in [0.15, 0.2) is 0 Å². The molecule has 106 valence electrons. The molecule has 0 aliphatic carbocycles. The highest BCUT2D eigenvalue weighted by atomic mass is 79.9. The quantitative estimate of drug-likeness (QED) is 0.909. The maximum Gasteiger partial charge on any atom is 0.230 e. The molecule has 1 N–H and O–H groups in total. The monoisotopic (exact) mass is 339 g/mol. The highest BCUT2D eigenvalue weighted by molar-refractivity contribution is 9.10. The summed E-state index contributed by atoms with van der Waals surface area (Å²) < 4.78 is 19.4. The molecule has 2 atom stereocenters. The first kappa shape index (κ1) is 13.7. The number of rotatable bonds is 2. The molecule has 1 saturated heterocycles. The van der Waals surface area contributed by atoms with E-state index in [0.717, 1.165) is 19.4 Å². The molecule has 4 nitrogen and oxygen atoms in total. The van der Waals surface area contributed by atoms with Gasteiger partial charge in [0.2, 0.25) is 11.7 Å². The van der Waals surface area contributed by atoms with E-state index in [1.165, 1.54) is 12.1 Å². The number of halogens is 2. The summed E-state index contributed by atoms with van der Waals surface area (Å²) in [5, 5.41) is 7.36. The van der Waals surface area contributed by atoms with Gasteiger partial charge in [-0.05, 0) is 44.5 Å². The first-order chi connectivity index (χ1) is 9.61. The Balaban J connectivity index is 1.86. The minimum absolute atomic E-state index is 0.282. The summed E-state index contributed by atoms with van der Waals surface area (Å²) in [6.07, 6.45) is 1.97. The van der Waals surface area contributed by atoms with Gasteiger partial charge in [-0.15, -0.1) is 0 Å². The maximum atomic E-state index is 13.4. The summed E-state index contributed by atoms with van der Waals surface area (Å²) in [5.74, 6) is 1.04. The van der Waals surface area contributed by atoms with Crippen LogP contribution in [0.3, 0.4) is 0 Å². The molecule has 3 rings (SSSR count). The van der Waals surface area contributed by atoms with Crippen molar-refractivity contribution in [1.82, 2.24) is 15.5 Å². The van der Waals surface area contributed by atoms with Crippen molar-refractivity contribution in [3.63, 3.8) is 0 Å². The molecule has 1 aromatic heterocycles. The molecule has 0 saturated carbocycles. The Bertz CT molecular complexity index is 596. The van der Waals surface area contributed by atoms with Gasteiger partial charge >= 0.3 is 0 Å². The molecular weight excluding hydrogens is 325 g/mol. The van der Waals surface area contributed by atoms with Crippen molar-refractivity contribution in [3.05, 3.63) is 34.4 Å². The average molecular weight is 340 g/mol. The maximum absolute atomic E-state index is 13.4. The molecule has 0 radical (unpaired) electrons. The molecule has 0 amide bonds. The highest BCUT2D eigenvalue weighted by Gasteiger charge is 2.25. The lowest BCUT2D eigenvalue weighted by Gasteiger charge is -2.25. The van der Waals surface area contributed by atoms with E-state index in [9.17, 15) is 4.39 Å². The van der Waals surface area contributed by atoms with Crippen LogP contribution < -0.4 is 5.32 Å². The van der Waals surface area contributed by atoms with E-state index in [2.05, 4.69) is 38.3 Å². The van der Waals surface area contributed by atoms with Crippen molar-refractivity contribution in [2.24, 2.45) is 0 Å². The van der Waals surface area contributed by atoms with Crippen LogP contribution >= 0.6 is 15.9 Å². The van der Waals surface area contributed by atoms with E-state index in [-0.39, 0.29) is 11.7 Å². The van der Waals surface area contributed by atoms with Crippen LogP contribution in [0.25, 0.3) is 11.4 Å². The standard InChI is InChI=1S/C14H15BrFN3O/c1-8-4-9(2-3-17-8)14-18-13(19-20-14)10-5-11(15)7-12(16)6-10/h5-9,17H,2-4H2,1H3. The van der Waals surface area contributed by atoms with E-state index in [4.69, 9.17) is 4.52 Å². The predicted molar refractivity (Wildman–Crippen MR) is 76.8 cm³/mol. The zero-order valence-corrected chi connectivity index (χ0v) is 12.7. The molecule has 1 fully saturated rings. The molecule has 0 bridgehead atoms. The lowest BCUT2D eigenvalue weighted by Crippen LogP contribution is -2.34. The zero-order chi connectivity index (χ0) is 14.1. The molecule has 2 heterocycles. The molecular formula is C14H15BrFN3O. The number of aromatic nitrogens is 2. The van der Waals surface area contributed by atoms with Gasteiger partial charge in [0.25, 0.3) is 0 Å². The van der Waals surface area contributed by atoms with Crippen molar-refractivity contribution in [2.45, 2.75) is 31.7 Å². The van der Waals surface area contributed by atoms with Crippen molar-refractivity contribution < 1.29 is 8.91 Å². The van der Waals surface area contributed by atoms with Gasteiger partial charge < -0.3 is 9.84 Å². The molecule has 0 spiro atoms. The van der Waals surface area contributed by atoms with Gasteiger partial charge in [-0.3, -0.25) is 0 Å². The third-order valence-corrected chi connectivity index (χ3v) is 3.99. The molecule has 1 aliphatic heterocycles. The predicted octanol–water partition coefficient (Wildman–Crippen LogP) is 3.49. The molecule has 1 aromatic carbocycles. The summed E-state index contributed by atoms with van der Waals surface area (Å²) in [6.45, 7) is 3.10. The fourth-order valence-electron chi connectivity index (χ4n) is 2.56. The minimum Gasteiger partial charge on any atom is -0.339 e. The smallest absolute Gasteiger partial charge is 0.230 e. The summed E-state index contributed by atoms with van der Waals surface area (Å²) in [7, 11) is 0. The number of nitrogens with zero attached hydrogens (tertiary/aromatic N) is 2. The fourth-order valence-corrected chi connectivity index (χ4v) is 3.02. The van der Waals surface area contributed by atoms with E-state index in [1.807, 2.05) is 0 Å². The summed E-state index contributed by atoms with van der Waals surface area (Å²) in [4.78, 5) is 4.43. The number of nitrogens with one attached hydrogen (secondary N) is 1. The Morgan fingerprint density at radius 3 is 3.00 bits per heavy atom. The topological polar surface area (TPSA) is 51.0 Å². The van der Waals surface area contributed by atoms with Crippen LogP contribution in [0.1, 0.15) is 31.6 Å². The highest BCUT2D eigenvalue weighted by Crippen LogP contribution is 2.29. The molecule has 2 aromatic rings. The van der Waals surface area contributed by atoms with Crippen molar-refractivity contribution in [1.29, 1.82) is 0 Å². The van der Waals surface area contributed by atoms with Crippen LogP contribution in [0.15, 0.2) is 27.2 Å². The second-order valence-corrected chi connectivity index (χ2v) is 6.11. The fraction of sp³-hybridized carbons (Fsp3) is 0.429. The Morgan fingerprint density at radius 1 is 1.40 bits per heavy atom. The molecule has 2 unspecified atom stereocenters. The molecule has 6 heteroatoms. The van der Waals surface area contributed by atoms with Crippen molar-refractivity contribution in [3.8, 4) is 11.4 Å². The Hall–Kier alpha value is -1.27. The van der Waals surface area contributed by atoms with Gasteiger partial charge in [0, 0.05) is 22.0 Å². The Kier molecular flexibility index (Phi) is 3.85. The summed E-state index contributed by atoms with van der Waals surface area (Å²) >= 11 is 3.27. The van der Waals surface area contributed by atoms with Crippen LogP contribution in [0, 0.1) is 5.82 Å². The Morgan fingerprint density at radius 2 is 2.25 bits per heavy atom. The van der Waals surface area contributed by atoms with Crippen molar-refractivity contribution >= 4 is 15.9 Å². The van der Waals surface area contributed by atoms with Gasteiger partial charge in [-0.1, -0.05) is 21.1 Å². The second-order valence-electron chi connectivity index (χ2n) is 5.19.